The Kier molecular flexibility index (Phi) is 3.95. The van der Waals surface area contributed by atoms with E-state index in [1.54, 1.807) is 48.5 Å². The Balaban J connectivity index is 2.35. The molecule has 0 saturated heterocycles. The van der Waals surface area contributed by atoms with Crippen molar-refractivity contribution in [3.05, 3.63) is 42.6 Å². The second-order valence-corrected chi connectivity index (χ2v) is 3.69. The normalized spacial score (nSPS) is 9.15. The fourth-order valence-electron chi connectivity index (χ4n) is 1.50. The van der Waals surface area contributed by atoms with Crippen molar-refractivity contribution in [3.8, 4) is 23.6 Å². The number of benzene rings is 1. The van der Waals surface area contributed by atoms with Crippen LogP contribution in [-0.4, -0.2) is 21.9 Å². The highest BCUT2D eigenvalue weighted by Gasteiger charge is 2.03. The lowest BCUT2D eigenvalue weighted by Gasteiger charge is -2.08. The lowest BCUT2D eigenvalue weighted by molar-refractivity contribution is 0.414. The fraction of sp³-hybridized carbons (Fsp3) is 0.0769. The van der Waals surface area contributed by atoms with Crippen LogP contribution < -0.4 is 10.1 Å². The first-order valence-corrected chi connectivity index (χ1v) is 5.58. The van der Waals surface area contributed by atoms with Crippen LogP contribution in [0.4, 0.5) is 5.69 Å². The smallest absolute Gasteiger partial charge is 0.145 e. The number of rotatable bonds is 4. The molecule has 20 heavy (non-hydrogen) atoms. The van der Waals surface area contributed by atoms with Gasteiger partial charge in [0.05, 0.1) is 12.8 Å². The predicted octanol–water partition coefficient (Wildman–Crippen LogP) is 1.62. The van der Waals surface area contributed by atoms with E-state index in [0.717, 1.165) is 5.69 Å². The van der Waals surface area contributed by atoms with E-state index in [9.17, 15) is 0 Å². The van der Waals surface area contributed by atoms with Crippen molar-refractivity contribution in [3.63, 3.8) is 0 Å². The Morgan fingerprint density at radius 1 is 1.35 bits per heavy atom. The predicted molar refractivity (Wildman–Crippen MR) is 70.8 cm³/mol. The van der Waals surface area contributed by atoms with E-state index < -0.39 is 0 Å². The summed E-state index contributed by atoms with van der Waals surface area (Å²) in [6.07, 6.45) is 4.32. The van der Waals surface area contributed by atoms with E-state index in [1.165, 1.54) is 12.5 Å². The maximum atomic E-state index is 8.68. The van der Waals surface area contributed by atoms with E-state index in [2.05, 4.69) is 15.4 Å². The highest BCUT2D eigenvalue weighted by Crippen LogP contribution is 2.23. The van der Waals surface area contributed by atoms with Crippen LogP contribution in [0.15, 0.2) is 42.6 Å². The Bertz CT molecular complexity index is 689. The summed E-state index contributed by atoms with van der Waals surface area (Å²) >= 11 is 0. The topological polar surface area (TPSA) is 99.6 Å². The molecular weight excluding hydrogens is 256 g/mol. The average molecular weight is 266 g/mol. The maximum Gasteiger partial charge on any atom is 0.145 e. The van der Waals surface area contributed by atoms with E-state index in [-0.39, 0.29) is 5.57 Å². The van der Waals surface area contributed by atoms with Crippen molar-refractivity contribution in [1.82, 2.24) is 14.8 Å². The Hall–Kier alpha value is -3.32. The molecule has 98 valence electrons. The number of hydrogen-bond acceptors (Lipinski definition) is 6. The molecule has 0 unspecified atom stereocenters. The Labute approximate surface area is 115 Å². The molecule has 0 spiro atoms. The lowest BCUT2D eigenvalue weighted by Crippen LogP contribution is -1.98. The van der Waals surface area contributed by atoms with Crippen molar-refractivity contribution in [2.24, 2.45) is 0 Å². The zero-order chi connectivity index (χ0) is 14.4. The summed E-state index contributed by atoms with van der Waals surface area (Å²) in [5, 5.41) is 24.3. The van der Waals surface area contributed by atoms with E-state index in [1.807, 2.05) is 0 Å². The van der Waals surface area contributed by atoms with Gasteiger partial charge in [-0.2, -0.15) is 15.6 Å². The van der Waals surface area contributed by atoms with Crippen molar-refractivity contribution in [2.45, 2.75) is 0 Å². The number of allylic oxidation sites excluding steroid dienone is 1. The molecule has 0 radical (unpaired) electrons. The highest BCUT2D eigenvalue weighted by atomic mass is 16.5. The summed E-state index contributed by atoms with van der Waals surface area (Å²) in [5.74, 6) is 0.615. The van der Waals surface area contributed by atoms with Crippen LogP contribution in [0.3, 0.4) is 0 Å². The van der Waals surface area contributed by atoms with Gasteiger partial charge in [0.15, 0.2) is 0 Å². The fourth-order valence-corrected chi connectivity index (χ4v) is 1.50. The first-order valence-electron chi connectivity index (χ1n) is 5.58. The Morgan fingerprint density at radius 3 is 2.75 bits per heavy atom. The van der Waals surface area contributed by atoms with E-state index in [0.29, 0.717) is 11.4 Å². The second kappa shape index (κ2) is 6.03. The van der Waals surface area contributed by atoms with Gasteiger partial charge in [0.2, 0.25) is 0 Å². The molecule has 0 atom stereocenters. The summed E-state index contributed by atoms with van der Waals surface area (Å²) in [7, 11) is 1.55. The summed E-state index contributed by atoms with van der Waals surface area (Å²) in [5.41, 5.74) is 1.39. The number of nitriles is 2. The molecule has 0 saturated carbocycles. The minimum absolute atomic E-state index is 0.0184. The average Bonchev–Trinajstić information content (AvgIpc) is 3.02. The van der Waals surface area contributed by atoms with Crippen LogP contribution in [-0.2, 0) is 0 Å². The van der Waals surface area contributed by atoms with Crippen molar-refractivity contribution in [1.29, 1.82) is 10.5 Å². The quantitative estimate of drug-likeness (QED) is 0.844. The first-order chi connectivity index (χ1) is 9.76. The van der Waals surface area contributed by atoms with Gasteiger partial charge in [0.25, 0.3) is 0 Å². The zero-order valence-corrected chi connectivity index (χ0v) is 10.6. The molecule has 0 amide bonds. The number of nitrogens with zero attached hydrogens (tertiary/aromatic N) is 5. The number of nitrogens with one attached hydrogen (secondary N) is 1. The third-order valence-corrected chi connectivity index (χ3v) is 2.43. The maximum absolute atomic E-state index is 8.68. The molecule has 7 nitrogen and oxygen atoms in total. The standard InChI is InChI=1S/C13H10N6O/c1-20-13-3-11(17-7-10(5-14)6-15)2-12(4-13)19-9-16-8-18-19/h2-4,7-9,17H,1H3. The third-order valence-electron chi connectivity index (χ3n) is 2.43. The molecule has 2 rings (SSSR count). The van der Waals surface area contributed by atoms with Crippen molar-refractivity contribution >= 4 is 5.69 Å². The monoisotopic (exact) mass is 266 g/mol. The molecule has 7 heteroatoms. The van der Waals surface area contributed by atoms with Gasteiger partial charge in [-0.15, -0.1) is 0 Å². The van der Waals surface area contributed by atoms with Gasteiger partial charge in [-0.05, 0) is 6.07 Å². The van der Waals surface area contributed by atoms with E-state index >= 15 is 0 Å². The molecule has 2 aromatic rings. The molecule has 0 fully saturated rings. The number of methoxy groups -OCH3 is 1. The highest BCUT2D eigenvalue weighted by molar-refractivity contribution is 5.58. The zero-order valence-electron chi connectivity index (χ0n) is 10.6. The van der Waals surface area contributed by atoms with Crippen LogP contribution >= 0.6 is 0 Å². The molecular formula is C13H10N6O. The van der Waals surface area contributed by atoms with Gasteiger partial charge in [-0.1, -0.05) is 0 Å². The van der Waals surface area contributed by atoms with Gasteiger partial charge in [0, 0.05) is 24.0 Å². The second-order valence-electron chi connectivity index (χ2n) is 3.69. The molecule has 0 aliphatic heterocycles. The molecule has 1 aromatic heterocycles. The lowest BCUT2D eigenvalue weighted by atomic mass is 10.2. The molecule has 0 bridgehead atoms. The van der Waals surface area contributed by atoms with Crippen LogP contribution in [0, 0.1) is 22.7 Å². The van der Waals surface area contributed by atoms with Crippen LogP contribution in [0.5, 0.6) is 5.75 Å². The number of ether oxygens (including phenoxy) is 1. The van der Waals surface area contributed by atoms with Gasteiger partial charge in [-0.25, -0.2) is 9.67 Å². The van der Waals surface area contributed by atoms with Crippen LogP contribution in [0.2, 0.25) is 0 Å². The van der Waals surface area contributed by atoms with Crippen LogP contribution in [0.1, 0.15) is 0 Å². The summed E-state index contributed by atoms with van der Waals surface area (Å²) in [4.78, 5) is 3.88. The third kappa shape index (κ3) is 2.92. The SMILES string of the molecule is COc1cc(NC=C(C#N)C#N)cc(-n2cncn2)c1. The van der Waals surface area contributed by atoms with E-state index in [4.69, 9.17) is 15.3 Å². The summed E-state index contributed by atoms with van der Waals surface area (Å²) < 4.78 is 6.78. The molecule has 0 aliphatic rings. The van der Waals surface area contributed by atoms with Gasteiger partial charge < -0.3 is 10.1 Å². The largest absolute Gasteiger partial charge is 0.497 e. The van der Waals surface area contributed by atoms with Crippen molar-refractivity contribution < 1.29 is 4.74 Å². The molecule has 1 N–H and O–H groups in total. The summed E-state index contributed by atoms with van der Waals surface area (Å²) in [6.45, 7) is 0. The van der Waals surface area contributed by atoms with Crippen LogP contribution in [0.25, 0.3) is 5.69 Å². The van der Waals surface area contributed by atoms with Gasteiger partial charge in [-0.3, -0.25) is 0 Å². The van der Waals surface area contributed by atoms with Crippen molar-refractivity contribution in [2.75, 3.05) is 12.4 Å². The van der Waals surface area contributed by atoms with Gasteiger partial charge in [0.1, 0.15) is 36.1 Å². The number of anilines is 1. The molecule has 0 aliphatic carbocycles. The minimum Gasteiger partial charge on any atom is -0.497 e. The number of aromatic nitrogens is 3. The first kappa shape index (κ1) is 13.1. The molecule has 1 aromatic carbocycles. The molecule has 1 heterocycles. The minimum atomic E-state index is -0.0184. The Morgan fingerprint density at radius 2 is 2.15 bits per heavy atom. The number of hydrogen-bond donors (Lipinski definition) is 1. The summed E-state index contributed by atoms with van der Waals surface area (Å²) in [6, 6.07) is 8.86. The van der Waals surface area contributed by atoms with Gasteiger partial charge >= 0.3 is 0 Å².